The minimum atomic E-state index is 0.626. The summed E-state index contributed by atoms with van der Waals surface area (Å²) in [6.45, 7) is 12.4. The van der Waals surface area contributed by atoms with E-state index in [0.29, 0.717) is 18.1 Å². The molecule has 0 saturated heterocycles. The Morgan fingerprint density at radius 3 is 2.07 bits per heavy atom. The first-order valence-corrected chi connectivity index (χ1v) is 5.98. The SMILES string of the molecule is CCNC(C)CC(C)N(C)C(C)CC. The van der Waals surface area contributed by atoms with E-state index in [4.69, 9.17) is 0 Å². The molecule has 0 fully saturated rings. The van der Waals surface area contributed by atoms with Gasteiger partial charge in [0, 0.05) is 18.1 Å². The van der Waals surface area contributed by atoms with Gasteiger partial charge >= 0.3 is 0 Å². The standard InChI is InChI=1S/C12H28N2/c1-7-11(4)14(6)12(5)9-10(3)13-8-2/h10-13H,7-9H2,1-6H3. The second-order valence-corrected chi connectivity index (χ2v) is 4.47. The lowest BCUT2D eigenvalue weighted by Crippen LogP contribution is -2.40. The summed E-state index contributed by atoms with van der Waals surface area (Å²) in [6.07, 6.45) is 2.46. The van der Waals surface area contributed by atoms with Crippen LogP contribution in [0, 0.1) is 0 Å². The Balaban J connectivity index is 3.87. The van der Waals surface area contributed by atoms with Gasteiger partial charge in [-0.2, -0.15) is 0 Å². The van der Waals surface area contributed by atoms with E-state index in [0.717, 1.165) is 6.54 Å². The summed E-state index contributed by atoms with van der Waals surface area (Å²) in [7, 11) is 2.23. The van der Waals surface area contributed by atoms with Crippen molar-refractivity contribution in [3.63, 3.8) is 0 Å². The zero-order valence-corrected chi connectivity index (χ0v) is 10.8. The second-order valence-electron chi connectivity index (χ2n) is 4.47. The smallest absolute Gasteiger partial charge is 0.00814 e. The molecule has 0 heterocycles. The summed E-state index contributed by atoms with van der Waals surface area (Å²) in [5.74, 6) is 0. The third kappa shape index (κ3) is 4.97. The Morgan fingerprint density at radius 1 is 1.07 bits per heavy atom. The zero-order valence-electron chi connectivity index (χ0n) is 10.8. The summed E-state index contributed by atoms with van der Waals surface area (Å²) >= 11 is 0. The Bertz CT molecular complexity index is 136. The maximum absolute atomic E-state index is 3.46. The van der Waals surface area contributed by atoms with E-state index < -0.39 is 0 Å². The van der Waals surface area contributed by atoms with Crippen LogP contribution >= 0.6 is 0 Å². The number of hydrogen-bond acceptors (Lipinski definition) is 2. The number of nitrogens with zero attached hydrogens (tertiary/aromatic N) is 1. The van der Waals surface area contributed by atoms with Crippen molar-refractivity contribution in [2.45, 2.75) is 65.6 Å². The van der Waals surface area contributed by atoms with E-state index in [9.17, 15) is 0 Å². The molecule has 0 aliphatic carbocycles. The van der Waals surface area contributed by atoms with Gasteiger partial charge in [0.2, 0.25) is 0 Å². The Kier molecular flexibility index (Phi) is 7.20. The quantitative estimate of drug-likeness (QED) is 0.679. The van der Waals surface area contributed by atoms with Crippen molar-refractivity contribution in [2.24, 2.45) is 0 Å². The van der Waals surface area contributed by atoms with Crippen LogP contribution in [0.15, 0.2) is 0 Å². The van der Waals surface area contributed by atoms with Crippen molar-refractivity contribution in [3.05, 3.63) is 0 Å². The molecule has 0 aromatic rings. The molecule has 86 valence electrons. The average Bonchev–Trinajstić information content (AvgIpc) is 2.15. The van der Waals surface area contributed by atoms with Gasteiger partial charge in [-0.15, -0.1) is 0 Å². The van der Waals surface area contributed by atoms with Crippen LogP contribution in [0.4, 0.5) is 0 Å². The molecule has 0 bridgehead atoms. The molecular weight excluding hydrogens is 172 g/mol. The van der Waals surface area contributed by atoms with E-state index in [1.54, 1.807) is 0 Å². The number of nitrogens with one attached hydrogen (secondary N) is 1. The summed E-state index contributed by atoms with van der Waals surface area (Å²) < 4.78 is 0. The Morgan fingerprint density at radius 2 is 1.64 bits per heavy atom. The molecule has 0 saturated carbocycles. The van der Waals surface area contributed by atoms with Gasteiger partial charge in [0.05, 0.1) is 0 Å². The maximum Gasteiger partial charge on any atom is 0.00814 e. The highest BCUT2D eigenvalue weighted by Crippen LogP contribution is 2.10. The van der Waals surface area contributed by atoms with Gasteiger partial charge in [-0.05, 0) is 47.2 Å². The molecule has 14 heavy (non-hydrogen) atoms. The summed E-state index contributed by atoms with van der Waals surface area (Å²) in [4.78, 5) is 2.48. The largest absolute Gasteiger partial charge is 0.314 e. The van der Waals surface area contributed by atoms with E-state index >= 15 is 0 Å². The van der Waals surface area contributed by atoms with Crippen LogP contribution in [0.3, 0.4) is 0 Å². The summed E-state index contributed by atoms with van der Waals surface area (Å²) in [6, 6.07) is 1.99. The molecule has 0 aromatic heterocycles. The summed E-state index contributed by atoms with van der Waals surface area (Å²) in [5, 5.41) is 3.46. The van der Waals surface area contributed by atoms with Crippen molar-refractivity contribution in [1.29, 1.82) is 0 Å². The molecule has 1 N–H and O–H groups in total. The molecule has 3 atom stereocenters. The number of hydrogen-bond donors (Lipinski definition) is 1. The molecule has 0 aromatic carbocycles. The zero-order chi connectivity index (χ0) is 11.1. The van der Waals surface area contributed by atoms with Crippen LogP contribution in [0.2, 0.25) is 0 Å². The molecule has 3 unspecified atom stereocenters. The van der Waals surface area contributed by atoms with Gasteiger partial charge in [-0.25, -0.2) is 0 Å². The van der Waals surface area contributed by atoms with Gasteiger partial charge in [0.15, 0.2) is 0 Å². The van der Waals surface area contributed by atoms with Crippen molar-refractivity contribution in [3.8, 4) is 0 Å². The highest BCUT2D eigenvalue weighted by atomic mass is 15.1. The highest BCUT2D eigenvalue weighted by Gasteiger charge is 2.16. The van der Waals surface area contributed by atoms with Gasteiger partial charge in [-0.1, -0.05) is 13.8 Å². The fraction of sp³-hybridized carbons (Fsp3) is 1.00. The molecule has 0 aliphatic rings. The van der Waals surface area contributed by atoms with Crippen LogP contribution in [0.25, 0.3) is 0 Å². The minimum Gasteiger partial charge on any atom is -0.314 e. The molecule has 0 radical (unpaired) electrons. The lowest BCUT2D eigenvalue weighted by atomic mass is 10.1. The molecule has 0 amide bonds. The Labute approximate surface area is 90.1 Å². The third-order valence-corrected chi connectivity index (χ3v) is 3.23. The monoisotopic (exact) mass is 200 g/mol. The lowest BCUT2D eigenvalue weighted by Gasteiger charge is -2.32. The number of rotatable bonds is 7. The van der Waals surface area contributed by atoms with Crippen LogP contribution < -0.4 is 5.32 Å². The van der Waals surface area contributed by atoms with E-state index in [1.165, 1.54) is 12.8 Å². The van der Waals surface area contributed by atoms with Gasteiger partial charge in [-0.3, -0.25) is 0 Å². The van der Waals surface area contributed by atoms with Crippen molar-refractivity contribution < 1.29 is 0 Å². The molecule has 2 heteroatoms. The topological polar surface area (TPSA) is 15.3 Å². The first-order valence-electron chi connectivity index (χ1n) is 5.98. The van der Waals surface area contributed by atoms with Crippen molar-refractivity contribution in [2.75, 3.05) is 13.6 Å². The summed E-state index contributed by atoms with van der Waals surface area (Å²) in [5.41, 5.74) is 0. The molecule has 0 rings (SSSR count). The van der Waals surface area contributed by atoms with Crippen molar-refractivity contribution >= 4 is 0 Å². The second kappa shape index (κ2) is 7.24. The molecule has 0 aliphatic heterocycles. The van der Waals surface area contributed by atoms with E-state index in [2.05, 4.69) is 51.9 Å². The fourth-order valence-electron chi connectivity index (χ4n) is 1.83. The normalized spacial score (nSPS) is 18.2. The van der Waals surface area contributed by atoms with Gasteiger partial charge in [0.1, 0.15) is 0 Å². The molecular formula is C12H28N2. The van der Waals surface area contributed by atoms with Crippen molar-refractivity contribution in [1.82, 2.24) is 10.2 Å². The maximum atomic E-state index is 3.46. The lowest BCUT2D eigenvalue weighted by molar-refractivity contribution is 0.174. The van der Waals surface area contributed by atoms with E-state index in [1.807, 2.05) is 0 Å². The molecule has 2 nitrogen and oxygen atoms in total. The minimum absolute atomic E-state index is 0.626. The van der Waals surface area contributed by atoms with Crippen LogP contribution in [0.1, 0.15) is 47.5 Å². The predicted molar refractivity (Wildman–Crippen MR) is 64.7 cm³/mol. The van der Waals surface area contributed by atoms with Crippen LogP contribution in [-0.4, -0.2) is 36.6 Å². The highest BCUT2D eigenvalue weighted by molar-refractivity contribution is 4.73. The predicted octanol–water partition coefficient (Wildman–Crippen LogP) is 2.49. The van der Waals surface area contributed by atoms with Gasteiger partial charge in [0.25, 0.3) is 0 Å². The average molecular weight is 200 g/mol. The first kappa shape index (κ1) is 13.9. The molecule has 0 spiro atoms. The third-order valence-electron chi connectivity index (χ3n) is 3.23. The van der Waals surface area contributed by atoms with Gasteiger partial charge < -0.3 is 10.2 Å². The van der Waals surface area contributed by atoms with Crippen LogP contribution in [0.5, 0.6) is 0 Å². The first-order chi connectivity index (χ1) is 6.52. The van der Waals surface area contributed by atoms with Crippen LogP contribution in [-0.2, 0) is 0 Å². The fourth-order valence-corrected chi connectivity index (χ4v) is 1.83. The Hall–Kier alpha value is -0.0800. The van der Waals surface area contributed by atoms with E-state index in [-0.39, 0.29) is 0 Å².